The summed E-state index contributed by atoms with van der Waals surface area (Å²) >= 11 is 0. The van der Waals surface area contributed by atoms with Crippen LogP contribution in [0, 0.1) is 12.7 Å². The molecule has 0 amide bonds. The lowest BCUT2D eigenvalue weighted by atomic mass is 10.1. The molecule has 0 saturated heterocycles. The number of halogens is 1. The van der Waals surface area contributed by atoms with E-state index in [1.807, 2.05) is 19.1 Å². The predicted octanol–water partition coefficient (Wildman–Crippen LogP) is 3.15. The predicted molar refractivity (Wildman–Crippen MR) is 102 cm³/mol. The Bertz CT molecular complexity index is 763. The summed E-state index contributed by atoms with van der Waals surface area (Å²) in [5, 5.41) is 15.7. The lowest BCUT2D eigenvalue weighted by Gasteiger charge is -2.13. The second-order valence-corrected chi connectivity index (χ2v) is 5.97. The van der Waals surface area contributed by atoms with Crippen molar-refractivity contribution in [2.45, 2.75) is 26.8 Å². The number of phenolic OH excluding ortho intramolecular Hbond substituents is 1. The van der Waals surface area contributed by atoms with E-state index in [9.17, 15) is 9.50 Å². The Labute approximate surface area is 153 Å². The van der Waals surface area contributed by atoms with E-state index in [-0.39, 0.29) is 5.75 Å². The summed E-state index contributed by atoms with van der Waals surface area (Å²) in [4.78, 5) is 4.46. The first-order valence-corrected chi connectivity index (χ1v) is 8.66. The molecule has 5 nitrogen and oxygen atoms in total. The summed E-state index contributed by atoms with van der Waals surface area (Å²) in [5.41, 5.74) is 3.02. The molecule has 140 valence electrons. The molecule has 0 bridgehead atoms. The van der Waals surface area contributed by atoms with Crippen molar-refractivity contribution in [2.75, 3.05) is 20.2 Å². The van der Waals surface area contributed by atoms with Crippen LogP contribution in [0.25, 0.3) is 0 Å². The van der Waals surface area contributed by atoms with Gasteiger partial charge in [0.1, 0.15) is 5.75 Å². The van der Waals surface area contributed by atoms with Gasteiger partial charge in [-0.2, -0.15) is 0 Å². The van der Waals surface area contributed by atoms with E-state index >= 15 is 0 Å². The third-order valence-electron chi connectivity index (χ3n) is 3.90. The van der Waals surface area contributed by atoms with Gasteiger partial charge in [-0.3, -0.25) is 0 Å². The van der Waals surface area contributed by atoms with Crippen molar-refractivity contribution < 1.29 is 14.2 Å². The first kappa shape index (κ1) is 19.6. The van der Waals surface area contributed by atoms with Gasteiger partial charge in [-0.25, -0.2) is 9.38 Å². The van der Waals surface area contributed by atoms with Crippen LogP contribution in [0.3, 0.4) is 0 Å². The van der Waals surface area contributed by atoms with E-state index in [2.05, 4.69) is 28.6 Å². The number of benzene rings is 2. The van der Waals surface area contributed by atoms with Crippen molar-refractivity contribution in [3.63, 3.8) is 0 Å². The summed E-state index contributed by atoms with van der Waals surface area (Å²) in [6.07, 6.45) is 0.795. The third kappa shape index (κ3) is 5.65. The maximum atomic E-state index is 13.4. The van der Waals surface area contributed by atoms with Gasteiger partial charge in [-0.1, -0.05) is 23.8 Å². The molecule has 0 aromatic heterocycles. The number of aromatic hydroxyl groups is 1. The molecular weight excluding hydrogens is 333 g/mol. The number of ether oxygens (including phenoxy) is 1. The standard InChI is InChI=1S/C20H26FN3O2/c1-4-22-20(24-13-15-6-7-18(25)17(21)12-15)23-10-9-16-11-14(2)5-8-19(16)26-3/h5-8,11-12,25H,4,9-10,13H2,1-3H3,(H2,22,23,24). The van der Waals surface area contributed by atoms with Crippen LogP contribution in [0.15, 0.2) is 41.4 Å². The molecule has 0 spiro atoms. The number of guanidine groups is 1. The van der Waals surface area contributed by atoms with Crippen LogP contribution < -0.4 is 15.4 Å². The van der Waals surface area contributed by atoms with Gasteiger partial charge in [0, 0.05) is 13.1 Å². The highest BCUT2D eigenvalue weighted by atomic mass is 19.1. The molecule has 0 atom stereocenters. The van der Waals surface area contributed by atoms with Gasteiger partial charge in [0.2, 0.25) is 0 Å². The Morgan fingerprint density at radius 3 is 2.69 bits per heavy atom. The molecular formula is C20H26FN3O2. The summed E-state index contributed by atoms with van der Waals surface area (Å²) in [6.45, 7) is 5.78. The molecule has 0 saturated carbocycles. The highest BCUT2D eigenvalue weighted by Crippen LogP contribution is 2.20. The fourth-order valence-corrected chi connectivity index (χ4v) is 2.58. The average Bonchev–Trinajstić information content (AvgIpc) is 2.62. The number of methoxy groups -OCH3 is 1. The van der Waals surface area contributed by atoms with Crippen LogP contribution in [0.5, 0.6) is 11.5 Å². The molecule has 0 radical (unpaired) electrons. The normalized spacial score (nSPS) is 11.3. The van der Waals surface area contributed by atoms with Crippen molar-refractivity contribution in [3.05, 3.63) is 58.9 Å². The van der Waals surface area contributed by atoms with Crippen LogP contribution in [0.2, 0.25) is 0 Å². The second-order valence-electron chi connectivity index (χ2n) is 5.97. The maximum Gasteiger partial charge on any atom is 0.191 e. The molecule has 26 heavy (non-hydrogen) atoms. The van der Waals surface area contributed by atoms with Crippen LogP contribution in [-0.2, 0) is 13.0 Å². The Balaban J connectivity index is 1.97. The van der Waals surface area contributed by atoms with E-state index in [1.54, 1.807) is 13.2 Å². The summed E-state index contributed by atoms with van der Waals surface area (Å²) in [7, 11) is 1.67. The zero-order valence-electron chi connectivity index (χ0n) is 15.5. The highest BCUT2D eigenvalue weighted by molar-refractivity contribution is 5.79. The quantitative estimate of drug-likeness (QED) is 0.525. The summed E-state index contributed by atoms with van der Waals surface area (Å²) < 4.78 is 18.8. The molecule has 3 N–H and O–H groups in total. The number of nitrogens with zero attached hydrogens (tertiary/aromatic N) is 1. The average molecular weight is 359 g/mol. The van der Waals surface area contributed by atoms with Crippen LogP contribution in [-0.4, -0.2) is 31.3 Å². The molecule has 0 aliphatic heterocycles. The minimum atomic E-state index is -0.637. The molecule has 6 heteroatoms. The van der Waals surface area contributed by atoms with Gasteiger partial charge in [-0.05, 0) is 49.6 Å². The molecule has 2 aromatic rings. The zero-order valence-corrected chi connectivity index (χ0v) is 15.5. The molecule has 0 aliphatic rings. The Morgan fingerprint density at radius 1 is 1.19 bits per heavy atom. The van der Waals surface area contributed by atoms with Crippen LogP contribution in [0.4, 0.5) is 4.39 Å². The van der Waals surface area contributed by atoms with Crippen molar-refractivity contribution >= 4 is 5.96 Å². The van der Waals surface area contributed by atoms with E-state index in [4.69, 9.17) is 4.74 Å². The number of hydrogen-bond donors (Lipinski definition) is 3. The van der Waals surface area contributed by atoms with Gasteiger partial charge >= 0.3 is 0 Å². The third-order valence-corrected chi connectivity index (χ3v) is 3.90. The second kappa shape index (κ2) is 9.65. The molecule has 2 rings (SSSR count). The van der Waals surface area contributed by atoms with Gasteiger partial charge < -0.3 is 20.5 Å². The first-order chi connectivity index (χ1) is 12.5. The number of aryl methyl sites for hydroxylation is 1. The van der Waals surface area contributed by atoms with Crippen molar-refractivity contribution in [1.82, 2.24) is 10.6 Å². The first-order valence-electron chi connectivity index (χ1n) is 8.66. The monoisotopic (exact) mass is 359 g/mol. The topological polar surface area (TPSA) is 65.9 Å². The SMILES string of the molecule is CCNC(=NCc1ccc(O)c(F)c1)NCCc1cc(C)ccc1OC. The van der Waals surface area contributed by atoms with E-state index in [0.717, 1.165) is 24.3 Å². The highest BCUT2D eigenvalue weighted by Gasteiger charge is 2.05. The van der Waals surface area contributed by atoms with E-state index in [0.29, 0.717) is 24.6 Å². The fourth-order valence-electron chi connectivity index (χ4n) is 2.58. The van der Waals surface area contributed by atoms with E-state index < -0.39 is 5.82 Å². The Hall–Kier alpha value is -2.76. The number of hydrogen-bond acceptors (Lipinski definition) is 3. The summed E-state index contributed by atoms with van der Waals surface area (Å²) in [5.74, 6) is 0.545. The molecule has 0 unspecified atom stereocenters. The number of aliphatic imine (C=N–C) groups is 1. The van der Waals surface area contributed by atoms with E-state index in [1.165, 1.54) is 17.7 Å². The number of nitrogens with one attached hydrogen (secondary N) is 2. The van der Waals surface area contributed by atoms with Gasteiger partial charge in [0.05, 0.1) is 13.7 Å². The molecule has 0 heterocycles. The van der Waals surface area contributed by atoms with Gasteiger partial charge in [0.15, 0.2) is 17.5 Å². The van der Waals surface area contributed by atoms with Gasteiger partial charge in [-0.15, -0.1) is 0 Å². The van der Waals surface area contributed by atoms with Crippen LogP contribution in [0.1, 0.15) is 23.6 Å². The number of rotatable bonds is 7. The smallest absolute Gasteiger partial charge is 0.191 e. The molecule has 2 aromatic carbocycles. The summed E-state index contributed by atoms with van der Waals surface area (Å²) in [6, 6.07) is 10.4. The minimum Gasteiger partial charge on any atom is -0.505 e. The van der Waals surface area contributed by atoms with Crippen molar-refractivity contribution in [1.29, 1.82) is 0 Å². The lowest BCUT2D eigenvalue weighted by Crippen LogP contribution is -2.38. The fraction of sp³-hybridized carbons (Fsp3) is 0.350. The Morgan fingerprint density at radius 2 is 2.00 bits per heavy atom. The van der Waals surface area contributed by atoms with Crippen LogP contribution >= 0.6 is 0 Å². The minimum absolute atomic E-state index is 0.320. The van der Waals surface area contributed by atoms with Crippen molar-refractivity contribution in [2.24, 2.45) is 4.99 Å². The maximum absolute atomic E-state index is 13.4. The molecule has 0 fully saturated rings. The number of phenols is 1. The molecule has 0 aliphatic carbocycles. The zero-order chi connectivity index (χ0) is 18.9. The van der Waals surface area contributed by atoms with Gasteiger partial charge in [0.25, 0.3) is 0 Å². The Kier molecular flexibility index (Phi) is 7.26. The van der Waals surface area contributed by atoms with Crippen molar-refractivity contribution in [3.8, 4) is 11.5 Å². The lowest BCUT2D eigenvalue weighted by molar-refractivity contribution is 0.409. The largest absolute Gasteiger partial charge is 0.505 e.